The molecule has 1 amide bonds. The van der Waals surface area contributed by atoms with Crippen LogP contribution in [0.25, 0.3) is 0 Å². The van der Waals surface area contributed by atoms with Crippen molar-refractivity contribution in [2.45, 2.75) is 58.5 Å². The van der Waals surface area contributed by atoms with Crippen LogP contribution in [0.4, 0.5) is 5.82 Å². The van der Waals surface area contributed by atoms with Crippen LogP contribution in [-0.4, -0.2) is 21.6 Å². The average molecular weight is 264 g/mol. The molecule has 0 saturated heterocycles. The number of aliphatic hydroxyl groups is 1. The van der Waals surface area contributed by atoms with Gasteiger partial charge in [0.05, 0.1) is 12.0 Å². The molecule has 0 aromatic carbocycles. The number of nitrogens with one attached hydrogen (secondary N) is 1. The van der Waals surface area contributed by atoms with Gasteiger partial charge in [-0.15, -0.1) is 0 Å². The lowest BCUT2D eigenvalue weighted by molar-refractivity contribution is -0.121. The molecule has 0 fully saturated rings. The Balaban J connectivity index is 2.62. The van der Waals surface area contributed by atoms with Crippen LogP contribution in [0.15, 0.2) is 18.3 Å². The SMILES string of the molecule is CCCC(O)(CCC)CC(=O)Nc1cc(C)ccn1. The van der Waals surface area contributed by atoms with E-state index in [2.05, 4.69) is 10.3 Å². The number of rotatable bonds is 7. The van der Waals surface area contributed by atoms with Crippen molar-refractivity contribution in [3.63, 3.8) is 0 Å². The molecule has 4 nitrogen and oxygen atoms in total. The molecule has 0 saturated carbocycles. The van der Waals surface area contributed by atoms with Gasteiger partial charge in [-0.05, 0) is 37.5 Å². The molecule has 1 aromatic rings. The maximum absolute atomic E-state index is 12.0. The fraction of sp³-hybridized carbons (Fsp3) is 0.600. The molecule has 2 N–H and O–H groups in total. The van der Waals surface area contributed by atoms with Gasteiger partial charge in [0, 0.05) is 6.20 Å². The number of hydrogen-bond acceptors (Lipinski definition) is 3. The standard InChI is InChI=1S/C15H24N2O2/c1-4-7-15(19,8-5-2)11-14(18)17-13-10-12(3)6-9-16-13/h6,9-10,19H,4-5,7-8,11H2,1-3H3,(H,16,17,18). The number of hydrogen-bond donors (Lipinski definition) is 2. The lowest BCUT2D eigenvalue weighted by atomic mass is 9.89. The third-order valence-electron chi connectivity index (χ3n) is 3.10. The quantitative estimate of drug-likeness (QED) is 0.795. The van der Waals surface area contributed by atoms with Crippen LogP contribution >= 0.6 is 0 Å². The van der Waals surface area contributed by atoms with Gasteiger partial charge in [0.15, 0.2) is 0 Å². The zero-order valence-corrected chi connectivity index (χ0v) is 12.1. The summed E-state index contributed by atoms with van der Waals surface area (Å²) in [7, 11) is 0. The van der Waals surface area contributed by atoms with Gasteiger partial charge in [-0.25, -0.2) is 4.98 Å². The largest absolute Gasteiger partial charge is 0.389 e. The molecule has 1 aromatic heterocycles. The number of anilines is 1. The number of pyridine rings is 1. The molecule has 1 heterocycles. The van der Waals surface area contributed by atoms with E-state index in [1.165, 1.54) is 0 Å². The number of aromatic nitrogens is 1. The molecular formula is C15H24N2O2. The molecule has 0 bridgehead atoms. The van der Waals surface area contributed by atoms with Crippen LogP contribution in [0.5, 0.6) is 0 Å². The number of nitrogens with zero attached hydrogens (tertiary/aromatic N) is 1. The summed E-state index contributed by atoms with van der Waals surface area (Å²) in [4.78, 5) is 16.1. The molecule has 0 spiro atoms. The Kier molecular flexibility index (Phi) is 5.96. The van der Waals surface area contributed by atoms with Gasteiger partial charge >= 0.3 is 0 Å². The lowest BCUT2D eigenvalue weighted by Gasteiger charge is -2.26. The summed E-state index contributed by atoms with van der Waals surface area (Å²) in [6.45, 7) is 5.98. The number of carbonyl (C=O) groups excluding carboxylic acids is 1. The molecule has 0 unspecified atom stereocenters. The Labute approximate surface area is 115 Å². The van der Waals surface area contributed by atoms with Gasteiger partial charge in [-0.1, -0.05) is 26.7 Å². The van der Waals surface area contributed by atoms with E-state index in [-0.39, 0.29) is 12.3 Å². The summed E-state index contributed by atoms with van der Waals surface area (Å²) in [6.07, 6.45) is 4.82. The second-order valence-electron chi connectivity index (χ2n) is 5.17. The van der Waals surface area contributed by atoms with Gasteiger partial charge in [0.25, 0.3) is 0 Å². The zero-order valence-electron chi connectivity index (χ0n) is 12.1. The molecule has 0 atom stereocenters. The van der Waals surface area contributed by atoms with Crippen LogP contribution in [0.3, 0.4) is 0 Å². The van der Waals surface area contributed by atoms with Gasteiger partial charge in [-0.3, -0.25) is 4.79 Å². The van der Waals surface area contributed by atoms with Crippen molar-refractivity contribution in [1.29, 1.82) is 0 Å². The monoisotopic (exact) mass is 264 g/mol. The molecule has 4 heteroatoms. The molecule has 0 radical (unpaired) electrons. The van der Waals surface area contributed by atoms with Crippen molar-refractivity contribution in [2.75, 3.05) is 5.32 Å². The maximum atomic E-state index is 12.0. The average Bonchev–Trinajstić information content (AvgIpc) is 2.28. The smallest absolute Gasteiger partial charge is 0.228 e. The lowest BCUT2D eigenvalue weighted by Crippen LogP contribution is -2.34. The fourth-order valence-electron chi connectivity index (χ4n) is 2.32. The third kappa shape index (κ3) is 5.39. The Morgan fingerprint density at radius 3 is 2.53 bits per heavy atom. The van der Waals surface area contributed by atoms with E-state index in [1.807, 2.05) is 32.9 Å². The predicted octanol–water partition coefficient (Wildman–Crippen LogP) is 3.05. The van der Waals surface area contributed by atoms with E-state index in [4.69, 9.17) is 0 Å². The van der Waals surface area contributed by atoms with Crippen molar-refractivity contribution >= 4 is 11.7 Å². The van der Waals surface area contributed by atoms with Crippen LogP contribution < -0.4 is 5.32 Å². The third-order valence-corrected chi connectivity index (χ3v) is 3.10. The highest BCUT2D eigenvalue weighted by molar-refractivity contribution is 5.90. The van der Waals surface area contributed by atoms with E-state index < -0.39 is 5.60 Å². The van der Waals surface area contributed by atoms with Crippen molar-refractivity contribution in [3.8, 4) is 0 Å². The minimum Gasteiger partial charge on any atom is -0.389 e. The van der Waals surface area contributed by atoms with E-state index in [9.17, 15) is 9.90 Å². The van der Waals surface area contributed by atoms with Gasteiger partial charge in [-0.2, -0.15) is 0 Å². The highest BCUT2D eigenvalue weighted by Crippen LogP contribution is 2.24. The number of amides is 1. The highest BCUT2D eigenvalue weighted by atomic mass is 16.3. The van der Waals surface area contributed by atoms with Crippen molar-refractivity contribution in [1.82, 2.24) is 4.98 Å². The second kappa shape index (κ2) is 7.24. The Morgan fingerprint density at radius 2 is 2.00 bits per heavy atom. The second-order valence-corrected chi connectivity index (χ2v) is 5.17. The van der Waals surface area contributed by atoms with Crippen LogP contribution in [0, 0.1) is 6.92 Å². The Hall–Kier alpha value is -1.42. The first-order valence-corrected chi connectivity index (χ1v) is 6.94. The molecule has 0 aliphatic heterocycles. The van der Waals surface area contributed by atoms with Gasteiger partial charge < -0.3 is 10.4 Å². The maximum Gasteiger partial charge on any atom is 0.228 e. The molecule has 19 heavy (non-hydrogen) atoms. The van der Waals surface area contributed by atoms with Crippen molar-refractivity contribution in [2.24, 2.45) is 0 Å². The van der Waals surface area contributed by atoms with Crippen molar-refractivity contribution in [3.05, 3.63) is 23.9 Å². The topological polar surface area (TPSA) is 62.2 Å². The molecule has 0 aliphatic carbocycles. The summed E-state index contributed by atoms with van der Waals surface area (Å²) in [6, 6.07) is 3.69. The number of aryl methyl sites for hydroxylation is 1. The molecule has 1 rings (SSSR count). The predicted molar refractivity (Wildman–Crippen MR) is 77.0 cm³/mol. The van der Waals surface area contributed by atoms with Crippen molar-refractivity contribution < 1.29 is 9.90 Å². The van der Waals surface area contributed by atoms with E-state index in [1.54, 1.807) is 6.20 Å². The highest BCUT2D eigenvalue weighted by Gasteiger charge is 2.28. The number of carbonyl (C=O) groups is 1. The minimum absolute atomic E-state index is 0.129. The Bertz CT molecular complexity index is 412. The fourth-order valence-corrected chi connectivity index (χ4v) is 2.32. The molecule has 0 aliphatic rings. The summed E-state index contributed by atoms with van der Waals surface area (Å²) >= 11 is 0. The van der Waals surface area contributed by atoms with Crippen LogP contribution in [0.2, 0.25) is 0 Å². The summed E-state index contributed by atoms with van der Waals surface area (Å²) in [5, 5.41) is 13.2. The zero-order chi connectivity index (χ0) is 14.3. The van der Waals surface area contributed by atoms with E-state index in [0.29, 0.717) is 18.7 Å². The first kappa shape index (κ1) is 15.6. The van der Waals surface area contributed by atoms with E-state index in [0.717, 1.165) is 18.4 Å². The van der Waals surface area contributed by atoms with E-state index >= 15 is 0 Å². The van der Waals surface area contributed by atoms with Gasteiger partial charge in [0.1, 0.15) is 5.82 Å². The molecule has 106 valence electrons. The van der Waals surface area contributed by atoms with Gasteiger partial charge in [0.2, 0.25) is 5.91 Å². The first-order valence-electron chi connectivity index (χ1n) is 6.94. The molecular weight excluding hydrogens is 240 g/mol. The van der Waals surface area contributed by atoms with Crippen LogP contribution in [-0.2, 0) is 4.79 Å². The Morgan fingerprint density at radius 1 is 1.37 bits per heavy atom. The van der Waals surface area contributed by atoms with Crippen LogP contribution in [0.1, 0.15) is 51.5 Å². The summed E-state index contributed by atoms with van der Waals surface area (Å²) < 4.78 is 0. The first-order chi connectivity index (χ1) is 8.99. The minimum atomic E-state index is -0.891. The summed E-state index contributed by atoms with van der Waals surface area (Å²) in [5.41, 5.74) is 0.153. The normalized spacial score (nSPS) is 11.4. The summed E-state index contributed by atoms with van der Waals surface area (Å²) in [5.74, 6) is 0.364.